The second-order valence-electron chi connectivity index (χ2n) is 4.55. The molecule has 0 spiro atoms. The van der Waals surface area contributed by atoms with Gasteiger partial charge < -0.3 is 9.72 Å². The maximum absolute atomic E-state index is 13.7. The number of nitrogens with one attached hydrogen (secondary N) is 1. The van der Waals surface area contributed by atoms with E-state index in [0.29, 0.717) is 12.2 Å². The number of carbonyl (C=O) groups excluding carboxylic acids is 1. The second kappa shape index (κ2) is 5.33. The summed E-state index contributed by atoms with van der Waals surface area (Å²) in [5.74, 6) is -0.762. The Morgan fingerprint density at radius 2 is 2.33 bits per heavy atom. The van der Waals surface area contributed by atoms with Gasteiger partial charge >= 0.3 is 5.97 Å². The molecule has 0 unspecified atom stereocenters. The van der Waals surface area contributed by atoms with Crippen LogP contribution in [0.3, 0.4) is 0 Å². The summed E-state index contributed by atoms with van der Waals surface area (Å²) in [6.45, 7) is 2.05. The van der Waals surface area contributed by atoms with Gasteiger partial charge in [0.1, 0.15) is 5.82 Å². The highest BCUT2D eigenvalue weighted by molar-refractivity contribution is 5.70. The molecule has 0 saturated heterocycles. The molecular weight excluding hydrogens is 237 g/mol. The molecule has 1 saturated carbocycles. The molecule has 1 aliphatic rings. The van der Waals surface area contributed by atoms with Gasteiger partial charge in [-0.2, -0.15) is 0 Å². The third-order valence-electron chi connectivity index (χ3n) is 3.19. The summed E-state index contributed by atoms with van der Waals surface area (Å²) in [5, 5.41) is 0. The maximum Gasteiger partial charge on any atom is 0.306 e. The average molecular weight is 253 g/mol. The number of H-pyrrole nitrogens is 1. The van der Waals surface area contributed by atoms with Crippen molar-refractivity contribution in [3.63, 3.8) is 0 Å². The number of carbonyl (C=O) groups is 1. The topological polar surface area (TPSA) is 59.2 Å². The van der Waals surface area contributed by atoms with Crippen LogP contribution in [0.2, 0.25) is 0 Å². The monoisotopic (exact) mass is 253 g/mol. The van der Waals surface area contributed by atoms with Crippen LogP contribution < -0.4 is 5.56 Å². The van der Waals surface area contributed by atoms with Gasteiger partial charge in [-0.1, -0.05) is 0 Å². The minimum Gasteiger partial charge on any atom is -0.466 e. The summed E-state index contributed by atoms with van der Waals surface area (Å²) in [7, 11) is 0. The molecule has 4 nitrogen and oxygen atoms in total. The van der Waals surface area contributed by atoms with Gasteiger partial charge in [-0.15, -0.1) is 0 Å². The van der Waals surface area contributed by atoms with Gasteiger partial charge in [-0.25, -0.2) is 4.39 Å². The number of aromatic amines is 1. The molecule has 0 radical (unpaired) electrons. The average Bonchev–Trinajstić information content (AvgIpc) is 3.14. The zero-order chi connectivity index (χ0) is 13.1. The number of hydrogen-bond donors (Lipinski definition) is 1. The molecule has 0 bridgehead atoms. The van der Waals surface area contributed by atoms with E-state index in [1.807, 2.05) is 0 Å². The number of aromatic nitrogens is 1. The number of pyridine rings is 1. The van der Waals surface area contributed by atoms with Crippen molar-refractivity contribution >= 4 is 5.97 Å². The molecule has 1 aliphatic carbocycles. The van der Waals surface area contributed by atoms with Crippen molar-refractivity contribution in [3.05, 3.63) is 34.0 Å². The summed E-state index contributed by atoms with van der Waals surface area (Å²) < 4.78 is 18.6. The van der Waals surface area contributed by atoms with Crippen LogP contribution >= 0.6 is 0 Å². The van der Waals surface area contributed by atoms with Gasteiger partial charge in [0.15, 0.2) is 0 Å². The van der Waals surface area contributed by atoms with E-state index in [4.69, 9.17) is 4.74 Å². The number of ether oxygens (including phenoxy) is 1. The molecule has 1 aromatic rings. The van der Waals surface area contributed by atoms with Crippen LogP contribution in [0.4, 0.5) is 4.39 Å². The van der Waals surface area contributed by atoms with Crippen LogP contribution in [0.15, 0.2) is 17.1 Å². The molecule has 1 N–H and O–H groups in total. The van der Waals surface area contributed by atoms with Crippen molar-refractivity contribution in [2.45, 2.75) is 32.1 Å². The van der Waals surface area contributed by atoms with E-state index >= 15 is 0 Å². The highest BCUT2D eigenvalue weighted by Crippen LogP contribution is 2.44. The van der Waals surface area contributed by atoms with Crippen LogP contribution in [0.1, 0.15) is 37.7 Å². The fraction of sp³-hybridized carbons (Fsp3) is 0.538. The molecule has 5 heteroatoms. The Labute approximate surface area is 104 Å². The Hall–Kier alpha value is -1.65. The van der Waals surface area contributed by atoms with E-state index in [1.54, 1.807) is 6.92 Å². The van der Waals surface area contributed by atoms with E-state index < -0.39 is 5.82 Å². The molecule has 18 heavy (non-hydrogen) atoms. The van der Waals surface area contributed by atoms with Crippen molar-refractivity contribution < 1.29 is 13.9 Å². The van der Waals surface area contributed by atoms with E-state index in [-0.39, 0.29) is 29.8 Å². The largest absolute Gasteiger partial charge is 0.466 e. The Kier molecular flexibility index (Phi) is 3.79. The van der Waals surface area contributed by atoms with Crippen LogP contribution in [-0.4, -0.2) is 17.6 Å². The van der Waals surface area contributed by atoms with Gasteiger partial charge in [-0.05, 0) is 31.2 Å². The quantitative estimate of drug-likeness (QED) is 0.816. The van der Waals surface area contributed by atoms with Crippen molar-refractivity contribution in [1.29, 1.82) is 0 Å². The Bertz CT molecular complexity index is 493. The zero-order valence-corrected chi connectivity index (χ0v) is 10.2. The Balaban J connectivity index is 2.21. The molecule has 0 amide bonds. The summed E-state index contributed by atoms with van der Waals surface area (Å²) >= 11 is 0. The van der Waals surface area contributed by atoms with Gasteiger partial charge in [0.2, 0.25) is 5.56 Å². The molecule has 0 aliphatic heterocycles. The summed E-state index contributed by atoms with van der Waals surface area (Å²) in [5.41, 5.74) is -0.0183. The number of esters is 1. The van der Waals surface area contributed by atoms with Gasteiger partial charge in [0, 0.05) is 18.2 Å². The van der Waals surface area contributed by atoms with E-state index in [1.165, 1.54) is 6.07 Å². The van der Waals surface area contributed by atoms with Crippen molar-refractivity contribution in [2.75, 3.05) is 6.61 Å². The van der Waals surface area contributed by atoms with Crippen LogP contribution in [0.5, 0.6) is 0 Å². The molecule has 0 aromatic carbocycles. The van der Waals surface area contributed by atoms with Crippen molar-refractivity contribution in [3.8, 4) is 0 Å². The lowest BCUT2D eigenvalue weighted by Gasteiger charge is -2.16. The minimum atomic E-state index is -0.462. The summed E-state index contributed by atoms with van der Waals surface area (Å²) in [6.07, 6.45) is 3.13. The molecule has 98 valence electrons. The lowest BCUT2D eigenvalue weighted by molar-refractivity contribution is -0.143. The normalized spacial score (nSPS) is 16.3. The standard InChI is InChI=1S/C13H16FNO3/c1-2-18-13(17)6-9(8-3-4-8)10-5-12(16)15-7-11(10)14/h5,7-9H,2-4,6H2,1H3,(H,15,16)/t9-/m1/s1. The highest BCUT2D eigenvalue weighted by atomic mass is 19.1. The maximum atomic E-state index is 13.7. The third kappa shape index (κ3) is 2.97. The van der Waals surface area contributed by atoms with Gasteiger partial charge in [0.05, 0.1) is 13.0 Å². The number of hydrogen-bond acceptors (Lipinski definition) is 3. The first-order valence-electron chi connectivity index (χ1n) is 6.15. The fourth-order valence-corrected chi connectivity index (χ4v) is 2.18. The predicted octanol–water partition coefficient (Wildman–Crippen LogP) is 1.96. The Morgan fingerprint density at radius 3 is 2.94 bits per heavy atom. The van der Waals surface area contributed by atoms with Gasteiger partial charge in [0.25, 0.3) is 0 Å². The molecule has 1 fully saturated rings. The minimum absolute atomic E-state index is 0.138. The zero-order valence-electron chi connectivity index (χ0n) is 10.2. The second-order valence-corrected chi connectivity index (χ2v) is 4.55. The molecule has 1 heterocycles. The molecule has 1 atom stereocenters. The smallest absolute Gasteiger partial charge is 0.306 e. The first-order valence-corrected chi connectivity index (χ1v) is 6.15. The first-order chi connectivity index (χ1) is 8.61. The summed E-state index contributed by atoms with van der Waals surface area (Å²) in [6, 6.07) is 1.25. The van der Waals surface area contributed by atoms with E-state index in [0.717, 1.165) is 19.0 Å². The predicted molar refractivity (Wildman–Crippen MR) is 63.7 cm³/mol. The van der Waals surface area contributed by atoms with Crippen LogP contribution in [0.25, 0.3) is 0 Å². The molecular formula is C13H16FNO3. The molecule has 1 aromatic heterocycles. The summed E-state index contributed by atoms with van der Waals surface area (Å²) in [4.78, 5) is 25.1. The van der Waals surface area contributed by atoms with E-state index in [9.17, 15) is 14.0 Å². The highest BCUT2D eigenvalue weighted by Gasteiger charge is 2.35. The lowest BCUT2D eigenvalue weighted by Crippen LogP contribution is -2.16. The fourth-order valence-electron chi connectivity index (χ4n) is 2.18. The van der Waals surface area contributed by atoms with E-state index in [2.05, 4.69) is 4.98 Å². The van der Waals surface area contributed by atoms with Crippen molar-refractivity contribution in [2.24, 2.45) is 5.92 Å². The van der Waals surface area contributed by atoms with Crippen LogP contribution in [-0.2, 0) is 9.53 Å². The van der Waals surface area contributed by atoms with Gasteiger partial charge in [-0.3, -0.25) is 9.59 Å². The third-order valence-corrected chi connectivity index (χ3v) is 3.19. The van der Waals surface area contributed by atoms with Crippen molar-refractivity contribution in [1.82, 2.24) is 4.98 Å². The first kappa shape index (κ1) is 12.8. The Morgan fingerprint density at radius 1 is 1.61 bits per heavy atom. The van der Waals surface area contributed by atoms with Crippen LogP contribution in [0, 0.1) is 11.7 Å². The SMILES string of the molecule is CCOC(=O)C[C@@H](c1cc(=O)[nH]cc1F)C1CC1. The molecule has 2 rings (SSSR count). The number of rotatable bonds is 5. The number of halogens is 1. The lowest BCUT2D eigenvalue weighted by atomic mass is 9.91.